The molecular formula is C23H34FN7. The number of hydrogen-bond donors (Lipinski definition) is 1. The standard InChI is InChI=1S/C23H34FN7/c1-4-29-9-11-30(12-10-29)22-6-5-18(13-21(22)24)14-26-23(25-2)31-8-7-19(17-31)20-15-27-28(3)16-20/h5-6,13,15-16,19H,4,7-12,14,17H2,1-3H3,(H,25,26). The van der Waals surface area contributed by atoms with Gasteiger partial charge in [0.15, 0.2) is 5.96 Å². The molecule has 1 aromatic carbocycles. The predicted molar refractivity (Wildman–Crippen MR) is 123 cm³/mol. The Morgan fingerprint density at radius 2 is 2.03 bits per heavy atom. The number of aromatic nitrogens is 2. The number of guanidine groups is 1. The molecule has 0 bridgehead atoms. The van der Waals surface area contributed by atoms with Crippen molar-refractivity contribution in [2.45, 2.75) is 25.8 Å². The van der Waals surface area contributed by atoms with Crippen LogP contribution >= 0.6 is 0 Å². The number of aryl methyl sites for hydroxylation is 1. The number of nitrogens with one attached hydrogen (secondary N) is 1. The van der Waals surface area contributed by atoms with Crippen molar-refractivity contribution in [1.29, 1.82) is 0 Å². The van der Waals surface area contributed by atoms with Gasteiger partial charge >= 0.3 is 0 Å². The molecule has 1 unspecified atom stereocenters. The third-order valence-electron chi connectivity index (χ3n) is 6.52. The number of aliphatic imine (C=N–C) groups is 1. The normalized spacial score (nSPS) is 20.5. The molecule has 2 aliphatic rings. The first kappa shape index (κ1) is 21.6. The maximum atomic E-state index is 14.8. The Morgan fingerprint density at radius 1 is 1.23 bits per heavy atom. The van der Waals surface area contributed by atoms with Gasteiger partial charge in [0, 0.05) is 72.0 Å². The molecule has 7 nitrogen and oxygen atoms in total. The first-order chi connectivity index (χ1) is 15.1. The summed E-state index contributed by atoms with van der Waals surface area (Å²) in [6, 6.07) is 5.60. The Labute approximate surface area is 184 Å². The van der Waals surface area contributed by atoms with E-state index < -0.39 is 0 Å². The van der Waals surface area contributed by atoms with E-state index in [0.717, 1.165) is 63.8 Å². The van der Waals surface area contributed by atoms with Crippen LogP contribution in [0.1, 0.15) is 30.4 Å². The van der Waals surface area contributed by atoms with Crippen LogP contribution in [0.5, 0.6) is 0 Å². The summed E-state index contributed by atoms with van der Waals surface area (Å²) in [5.74, 6) is 1.20. The average Bonchev–Trinajstić information content (AvgIpc) is 3.44. The molecule has 0 amide bonds. The van der Waals surface area contributed by atoms with E-state index in [9.17, 15) is 4.39 Å². The van der Waals surface area contributed by atoms with E-state index in [1.54, 1.807) is 13.1 Å². The molecule has 3 heterocycles. The van der Waals surface area contributed by atoms with Gasteiger partial charge in [0.25, 0.3) is 0 Å². The molecule has 8 heteroatoms. The van der Waals surface area contributed by atoms with Crippen molar-refractivity contribution in [2.75, 3.05) is 57.8 Å². The van der Waals surface area contributed by atoms with Gasteiger partial charge in [0.1, 0.15) is 5.82 Å². The Kier molecular flexibility index (Phi) is 6.75. The van der Waals surface area contributed by atoms with E-state index in [0.29, 0.717) is 18.2 Å². The van der Waals surface area contributed by atoms with Crippen LogP contribution in [0.4, 0.5) is 10.1 Å². The minimum atomic E-state index is -0.142. The molecule has 0 spiro atoms. The predicted octanol–water partition coefficient (Wildman–Crippen LogP) is 2.27. The smallest absolute Gasteiger partial charge is 0.193 e. The molecule has 2 aliphatic heterocycles. The lowest BCUT2D eigenvalue weighted by Gasteiger charge is -2.35. The largest absolute Gasteiger partial charge is 0.367 e. The monoisotopic (exact) mass is 427 g/mol. The number of likely N-dealkylation sites (N-methyl/N-ethyl adjacent to an activating group) is 1. The topological polar surface area (TPSA) is 51.9 Å². The van der Waals surface area contributed by atoms with Crippen LogP contribution in [0.2, 0.25) is 0 Å². The van der Waals surface area contributed by atoms with Gasteiger partial charge in [-0.1, -0.05) is 13.0 Å². The highest BCUT2D eigenvalue weighted by atomic mass is 19.1. The van der Waals surface area contributed by atoms with Gasteiger partial charge in [-0.2, -0.15) is 5.10 Å². The fourth-order valence-electron chi connectivity index (χ4n) is 4.61. The quantitative estimate of drug-likeness (QED) is 0.586. The second-order valence-corrected chi connectivity index (χ2v) is 8.49. The van der Waals surface area contributed by atoms with Crippen molar-refractivity contribution in [1.82, 2.24) is 24.9 Å². The third-order valence-corrected chi connectivity index (χ3v) is 6.52. The fraction of sp³-hybridized carbons (Fsp3) is 0.565. The number of likely N-dealkylation sites (tertiary alicyclic amines) is 1. The highest BCUT2D eigenvalue weighted by molar-refractivity contribution is 5.80. The fourth-order valence-corrected chi connectivity index (χ4v) is 4.61. The van der Waals surface area contributed by atoms with Crippen molar-refractivity contribution >= 4 is 11.6 Å². The number of hydrogen-bond acceptors (Lipinski definition) is 4. The maximum Gasteiger partial charge on any atom is 0.193 e. The third kappa shape index (κ3) is 5.01. The van der Waals surface area contributed by atoms with Crippen molar-refractivity contribution in [2.24, 2.45) is 12.0 Å². The summed E-state index contributed by atoms with van der Waals surface area (Å²) in [4.78, 5) is 11.3. The molecule has 0 aliphatic carbocycles. The van der Waals surface area contributed by atoms with Gasteiger partial charge < -0.3 is 20.0 Å². The first-order valence-corrected chi connectivity index (χ1v) is 11.3. The maximum absolute atomic E-state index is 14.8. The number of nitrogens with zero attached hydrogens (tertiary/aromatic N) is 6. The van der Waals surface area contributed by atoms with E-state index >= 15 is 0 Å². The summed E-state index contributed by atoms with van der Waals surface area (Å²) >= 11 is 0. The number of piperazine rings is 1. The second kappa shape index (κ2) is 9.68. The van der Waals surface area contributed by atoms with Crippen LogP contribution in [0.15, 0.2) is 35.6 Å². The highest BCUT2D eigenvalue weighted by Gasteiger charge is 2.27. The highest BCUT2D eigenvalue weighted by Crippen LogP contribution is 2.27. The molecule has 4 rings (SSSR count). The van der Waals surface area contributed by atoms with Crippen LogP contribution in [-0.4, -0.2) is 78.4 Å². The van der Waals surface area contributed by atoms with Gasteiger partial charge in [-0.05, 0) is 36.2 Å². The minimum Gasteiger partial charge on any atom is -0.367 e. The first-order valence-electron chi connectivity index (χ1n) is 11.3. The molecule has 2 aromatic rings. The van der Waals surface area contributed by atoms with Gasteiger partial charge in [-0.15, -0.1) is 0 Å². The molecular weight excluding hydrogens is 393 g/mol. The number of benzene rings is 1. The summed E-state index contributed by atoms with van der Waals surface area (Å²) in [5, 5.41) is 7.71. The summed E-state index contributed by atoms with van der Waals surface area (Å²) in [6.07, 6.45) is 5.13. The lowest BCUT2D eigenvalue weighted by Crippen LogP contribution is -2.46. The van der Waals surface area contributed by atoms with Crippen molar-refractivity contribution in [3.05, 3.63) is 47.5 Å². The summed E-state index contributed by atoms with van der Waals surface area (Å²) in [6.45, 7) is 9.40. The number of rotatable bonds is 5. The Balaban J connectivity index is 1.32. The van der Waals surface area contributed by atoms with E-state index in [4.69, 9.17) is 0 Å². The van der Waals surface area contributed by atoms with E-state index in [1.165, 1.54) is 5.56 Å². The molecule has 2 saturated heterocycles. The van der Waals surface area contributed by atoms with Crippen LogP contribution in [-0.2, 0) is 13.6 Å². The minimum absolute atomic E-state index is 0.142. The molecule has 1 aromatic heterocycles. The number of halogens is 1. The van der Waals surface area contributed by atoms with Gasteiger partial charge in [-0.3, -0.25) is 9.67 Å². The molecule has 0 saturated carbocycles. The molecule has 1 atom stereocenters. The molecule has 0 radical (unpaired) electrons. The van der Waals surface area contributed by atoms with E-state index in [-0.39, 0.29) is 5.82 Å². The zero-order valence-corrected chi connectivity index (χ0v) is 18.9. The number of anilines is 1. The summed E-state index contributed by atoms with van der Waals surface area (Å²) in [7, 11) is 3.76. The molecule has 1 N–H and O–H groups in total. The van der Waals surface area contributed by atoms with Gasteiger partial charge in [0.2, 0.25) is 0 Å². The van der Waals surface area contributed by atoms with E-state index in [2.05, 4.69) is 43.2 Å². The summed E-state index contributed by atoms with van der Waals surface area (Å²) in [5.41, 5.74) is 2.92. The van der Waals surface area contributed by atoms with Crippen molar-refractivity contribution < 1.29 is 4.39 Å². The summed E-state index contributed by atoms with van der Waals surface area (Å²) < 4.78 is 16.7. The van der Waals surface area contributed by atoms with E-state index in [1.807, 2.05) is 30.1 Å². The van der Waals surface area contributed by atoms with Crippen LogP contribution in [0.3, 0.4) is 0 Å². The zero-order chi connectivity index (χ0) is 21.8. The zero-order valence-electron chi connectivity index (χ0n) is 18.9. The molecule has 168 valence electrons. The average molecular weight is 428 g/mol. The molecule has 2 fully saturated rings. The van der Waals surface area contributed by atoms with Gasteiger partial charge in [0.05, 0.1) is 11.9 Å². The van der Waals surface area contributed by atoms with Gasteiger partial charge in [-0.25, -0.2) is 4.39 Å². The van der Waals surface area contributed by atoms with Crippen molar-refractivity contribution in [3.63, 3.8) is 0 Å². The Hall–Kier alpha value is -2.61. The van der Waals surface area contributed by atoms with Crippen molar-refractivity contribution in [3.8, 4) is 0 Å². The second-order valence-electron chi connectivity index (χ2n) is 8.49. The lowest BCUT2D eigenvalue weighted by molar-refractivity contribution is 0.270. The Bertz CT molecular complexity index is 901. The van der Waals surface area contributed by atoms with Crippen LogP contribution in [0, 0.1) is 5.82 Å². The van der Waals surface area contributed by atoms with Crippen LogP contribution < -0.4 is 10.2 Å². The molecule has 31 heavy (non-hydrogen) atoms. The SMILES string of the molecule is CCN1CCN(c2ccc(CNC(=NC)N3CCC(c4cnn(C)c4)C3)cc2F)CC1. The van der Waals surface area contributed by atoms with Crippen LogP contribution in [0.25, 0.3) is 0 Å². The Morgan fingerprint density at radius 3 is 2.68 bits per heavy atom. The lowest BCUT2D eigenvalue weighted by atomic mass is 10.0.